The van der Waals surface area contributed by atoms with E-state index in [-0.39, 0.29) is 17.4 Å². The number of aliphatic hydroxyl groups is 2. The van der Waals surface area contributed by atoms with Gasteiger partial charge in [0.05, 0.1) is 0 Å². The van der Waals surface area contributed by atoms with Crippen molar-refractivity contribution in [3.63, 3.8) is 0 Å². The second-order valence-corrected chi connectivity index (χ2v) is 9.75. The maximum absolute atomic E-state index is 12.1. The molecule has 3 nitrogen and oxygen atoms in total. The summed E-state index contributed by atoms with van der Waals surface area (Å²) in [5.41, 5.74) is 0.277. The summed E-state index contributed by atoms with van der Waals surface area (Å²) in [4.78, 5) is 12.1. The summed E-state index contributed by atoms with van der Waals surface area (Å²) in [6, 6.07) is 0. The molecule has 3 fully saturated rings. The molecule has 0 spiro atoms. The van der Waals surface area contributed by atoms with E-state index in [0.29, 0.717) is 35.9 Å². The van der Waals surface area contributed by atoms with E-state index in [1.165, 1.54) is 12.0 Å². The van der Waals surface area contributed by atoms with Crippen molar-refractivity contribution in [3.05, 3.63) is 11.6 Å². The average Bonchev–Trinajstić information content (AvgIpc) is 2.86. The highest BCUT2D eigenvalue weighted by Gasteiger charge is 2.64. The van der Waals surface area contributed by atoms with Gasteiger partial charge in [0, 0.05) is 11.8 Å². The lowest BCUT2D eigenvalue weighted by atomic mass is 9.44. The van der Waals surface area contributed by atoms with E-state index < -0.39 is 5.60 Å². The predicted octanol–water partition coefficient (Wildman–Crippen LogP) is 3.49. The summed E-state index contributed by atoms with van der Waals surface area (Å²) in [5.74, 6) is 8.25. The van der Waals surface area contributed by atoms with Gasteiger partial charge < -0.3 is 10.2 Å². The molecule has 0 radical (unpaired) electrons. The third-order valence-corrected chi connectivity index (χ3v) is 9.10. The van der Waals surface area contributed by atoms with E-state index >= 15 is 0 Å². The smallest absolute Gasteiger partial charge is 0.155 e. The Hall–Kier alpha value is -1.11. The minimum Gasteiger partial charge on any atom is -0.384 e. The largest absolute Gasteiger partial charge is 0.384 e. The van der Waals surface area contributed by atoms with Crippen LogP contribution in [0, 0.1) is 46.3 Å². The monoisotopic (exact) mass is 356 g/mol. The van der Waals surface area contributed by atoms with E-state index in [0.717, 1.165) is 32.1 Å². The fourth-order valence-electron chi connectivity index (χ4n) is 7.47. The van der Waals surface area contributed by atoms with Crippen molar-refractivity contribution < 1.29 is 15.0 Å². The zero-order chi connectivity index (χ0) is 18.7. The molecule has 3 saturated carbocycles. The highest BCUT2D eigenvalue weighted by Crippen LogP contribution is 2.68. The van der Waals surface area contributed by atoms with E-state index in [9.17, 15) is 9.90 Å². The number of hydrogen-bond donors (Lipinski definition) is 2. The van der Waals surface area contributed by atoms with Crippen LogP contribution in [0.25, 0.3) is 0 Å². The number of aliphatic hydroxyl groups excluding tert-OH is 1. The first-order valence-electron chi connectivity index (χ1n) is 10.3. The highest BCUT2D eigenvalue weighted by molar-refractivity contribution is 5.91. The standard InChI is InChI=1S/C23H32O3/c1-15-13-17(25)14-16-5-6-18-19-8-11-23(26,9-4-12-24)21(19,2)10-7-20(18)22(15,16)3/h13,16,18-20,24,26H,5-8,10-12,14H2,1-3H3/t16-,18-,19-,20-,21-,22-,23+/m0/s1. The second kappa shape index (κ2) is 5.94. The van der Waals surface area contributed by atoms with Crippen molar-refractivity contribution in [2.24, 2.45) is 34.5 Å². The molecule has 0 amide bonds. The number of fused-ring (bicyclic) bond motifs is 5. The average molecular weight is 357 g/mol. The first kappa shape index (κ1) is 18.3. The molecular weight excluding hydrogens is 324 g/mol. The van der Waals surface area contributed by atoms with Gasteiger partial charge in [-0.15, -0.1) is 0 Å². The first-order valence-corrected chi connectivity index (χ1v) is 10.3. The summed E-state index contributed by atoms with van der Waals surface area (Å²) < 4.78 is 0. The van der Waals surface area contributed by atoms with Crippen LogP contribution in [0.5, 0.6) is 0 Å². The molecule has 0 unspecified atom stereocenters. The lowest BCUT2D eigenvalue weighted by molar-refractivity contribution is -0.130. The van der Waals surface area contributed by atoms with Crippen LogP contribution in [0.4, 0.5) is 0 Å². The van der Waals surface area contributed by atoms with Crippen molar-refractivity contribution in [2.75, 3.05) is 6.61 Å². The Bertz CT molecular complexity index is 713. The van der Waals surface area contributed by atoms with Gasteiger partial charge in [0.25, 0.3) is 0 Å². The van der Waals surface area contributed by atoms with Gasteiger partial charge in [-0.25, -0.2) is 0 Å². The Morgan fingerprint density at radius 1 is 1.15 bits per heavy atom. The number of carbonyl (C=O) groups is 1. The van der Waals surface area contributed by atoms with Gasteiger partial charge in [-0.05, 0) is 80.6 Å². The van der Waals surface area contributed by atoms with Crippen LogP contribution in [0.1, 0.15) is 65.7 Å². The lowest BCUT2D eigenvalue weighted by Gasteiger charge is -2.60. The third-order valence-electron chi connectivity index (χ3n) is 9.10. The molecule has 0 aliphatic heterocycles. The van der Waals surface area contributed by atoms with Gasteiger partial charge in [0.15, 0.2) is 5.78 Å². The molecule has 26 heavy (non-hydrogen) atoms. The topological polar surface area (TPSA) is 57.5 Å². The molecule has 0 saturated heterocycles. The molecule has 2 N–H and O–H groups in total. The van der Waals surface area contributed by atoms with Crippen LogP contribution in [-0.4, -0.2) is 28.2 Å². The predicted molar refractivity (Wildman–Crippen MR) is 101 cm³/mol. The summed E-state index contributed by atoms with van der Waals surface area (Å²) in [5, 5.41) is 20.4. The van der Waals surface area contributed by atoms with Gasteiger partial charge in [-0.3, -0.25) is 4.79 Å². The molecule has 0 aromatic carbocycles. The van der Waals surface area contributed by atoms with E-state index in [4.69, 9.17) is 5.11 Å². The van der Waals surface area contributed by atoms with E-state index in [1.807, 2.05) is 6.08 Å². The number of hydrogen-bond acceptors (Lipinski definition) is 3. The van der Waals surface area contributed by atoms with Crippen molar-refractivity contribution in [2.45, 2.75) is 71.3 Å². The Morgan fingerprint density at radius 2 is 1.88 bits per heavy atom. The molecule has 0 aromatic rings. The van der Waals surface area contributed by atoms with Gasteiger partial charge in [0.1, 0.15) is 12.2 Å². The minimum absolute atomic E-state index is 0.135. The van der Waals surface area contributed by atoms with Gasteiger partial charge >= 0.3 is 0 Å². The molecule has 0 aromatic heterocycles. The zero-order valence-corrected chi connectivity index (χ0v) is 16.3. The number of allylic oxidation sites excluding steroid dienone is 2. The summed E-state index contributed by atoms with van der Waals surface area (Å²) in [6.07, 6.45) is 8.76. The maximum Gasteiger partial charge on any atom is 0.155 e. The summed E-state index contributed by atoms with van der Waals surface area (Å²) in [6.45, 7) is 6.61. The normalized spacial score (nSPS) is 50.0. The van der Waals surface area contributed by atoms with Crippen molar-refractivity contribution in [1.82, 2.24) is 0 Å². The van der Waals surface area contributed by atoms with E-state index in [1.54, 1.807) is 0 Å². The summed E-state index contributed by atoms with van der Waals surface area (Å²) in [7, 11) is 0. The van der Waals surface area contributed by atoms with Crippen LogP contribution in [0.2, 0.25) is 0 Å². The molecule has 0 bridgehead atoms. The van der Waals surface area contributed by atoms with Gasteiger partial charge in [0.2, 0.25) is 0 Å². The Balaban J connectivity index is 1.69. The van der Waals surface area contributed by atoms with Crippen LogP contribution in [-0.2, 0) is 4.79 Å². The fourth-order valence-corrected chi connectivity index (χ4v) is 7.47. The SMILES string of the molecule is CC1=CC(=O)C[C@@H]2CC[C@@H]3[C@H](CC[C@@]4(C)[C@H]3CC[C@]4(O)C#CCO)[C@@]12C. The number of carbonyl (C=O) groups excluding carboxylic acids is 1. The molecule has 142 valence electrons. The van der Waals surface area contributed by atoms with Crippen LogP contribution >= 0.6 is 0 Å². The second-order valence-electron chi connectivity index (χ2n) is 9.75. The molecule has 4 rings (SSSR count). The first-order chi connectivity index (χ1) is 12.3. The molecule has 3 heteroatoms. The number of ketones is 1. The fraction of sp³-hybridized carbons (Fsp3) is 0.783. The quantitative estimate of drug-likeness (QED) is 0.653. The van der Waals surface area contributed by atoms with Crippen LogP contribution in [0.3, 0.4) is 0 Å². The molecule has 4 aliphatic rings. The third kappa shape index (κ3) is 2.25. The van der Waals surface area contributed by atoms with Crippen LogP contribution in [0.15, 0.2) is 11.6 Å². The van der Waals surface area contributed by atoms with Gasteiger partial charge in [-0.1, -0.05) is 31.3 Å². The van der Waals surface area contributed by atoms with Crippen molar-refractivity contribution in [3.8, 4) is 11.8 Å². The Labute approximate surface area is 157 Å². The Kier molecular flexibility index (Phi) is 4.18. The Morgan fingerprint density at radius 3 is 2.62 bits per heavy atom. The molecule has 7 atom stereocenters. The molecular formula is C23H32O3. The van der Waals surface area contributed by atoms with Crippen LogP contribution < -0.4 is 0 Å². The summed E-state index contributed by atoms with van der Waals surface area (Å²) >= 11 is 0. The van der Waals surface area contributed by atoms with Crippen molar-refractivity contribution >= 4 is 5.78 Å². The molecule has 0 heterocycles. The lowest BCUT2D eigenvalue weighted by Crippen LogP contribution is -2.56. The highest BCUT2D eigenvalue weighted by atomic mass is 16.3. The maximum atomic E-state index is 12.1. The minimum atomic E-state index is -0.962. The van der Waals surface area contributed by atoms with Crippen molar-refractivity contribution in [1.29, 1.82) is 0 Å². The zero-order valence-electron chi connectivity index (χ0n) is 16.3. The molecule has 4 aliphatic carbocycles. The van der Waals surface area contributed by atoms with E-state index in [2.05, 4.69) is 32.6 Å². The number of rotatable bonds is 0. The van der Waals surface area contributed by atoms with Gasteiger partial charge in [-0.2, -0.15) is 0 Å².